The van der Waals surface area contributed by atoms with Gasteiger partial charge >= 0.3 is 5.97 Å². The van der Waals surface area contributed by atoms with Crippen LogP contribution in [0.5, 0.6) is 17.4 Å². The third kappa shape index (κ3) is 3.93. The minimum atomic E-state index is -0.860. The molecule has 0 saturated heterocycles. The number of hydrogen-bond donors (Lipinski definition) is 0. The van der Waals surface area contributed by atoms with E-state index < -0.39 is 12.1 Å². The first-order valence-electron chi connectivity index (χ1n) is 8.17. The predicted molar refractivity (Wildman–Crippen MR) is 102 cm³/mol. The van der Waals surface area contributed by atoms with Crippen molar-refractivity contribution in [2.75, 3.05) is 7.11 Å². The van der Waals surface area contributed by atoms with Crippen LogP contribution in [0, 0.1) is 6.92 Å². The molecule has 0 aliphatic heterocycles. The molecule has 3 aromatic rings. The number of carbonyl (C=O) groups is 1. The van der Waals surface area contributed by atoms with E-state index in [1.807, 2.05) is 6.92 Å². The summed E-state index contributed by atoms with van der Waals surface area (Å²) in [7, 11) is 3.00. The zero-order valence-corrected chi connectivity index (χ0v) is 17.0. The molecule has 2 heterocycles. The molecule has 0 amide bonds. The molecule has 0 aliphatic carbocycles. The van der Waals surface area contributed by atoms with Crippen LogP contribution < -0.4 is 9.47 Å². The molecular formula is C18H17Cl2N3O5. The first kappa shape index (κ1) is 20.0. The Balaban J connectivity index is 1.98. The number of aromatic nitrogens is 3. The Morgan fingerprint density at radius 3 is 2.61 bits per heavy atom. The van der Waals surface area contributed by atoms with E-state index in [4.69, 9.17) is 37.2 Å². The lowest BCUT2D eigenvalue weighted by Crippen LogP contribution is -2.25. The lowest BCUT2D eigenvalue weighted by atomic mass is 10.2. The van der Waals surface area contributed by atoms with Crippen LogP contribution in [0.2, 0.25) is 10.0 Å². The number of methoxy groups -OCH3 is 1. The number of rotatable bonds is 6. The van der Waals surface area contributed by atoms with Gasteiger partial charge in [-0.1, -0.05) is 28.4 Å². The maximum Gasteiger partial charge on any atom is 0.346 e. The van der Waals surface area contributed by atoms with Crippen molar-refractivity contribution in [3.63, 3.8) is 0 Å². The second-order valence-corrected chi connectivity index (χ2v) is 6.69. The number of aryl methyl sites for hydroxylation is 2. The van der Waals surface area contributed by atoms with Crippen molar-refractivity contribution in [2.45, 2.75) is 20.0 Å². The van der Waals surface area contributed by atoms with Crippen LogP contribution in [-0.2, 0) is 16.6 Å². The second-order valence-electron chi connectivity index (χ2n) is 5.87. The van der Waals surface area contributed by atoms with E-state index in [0.717, 1.165) is 0 Å². The van der Waals surface area contributed by atoms with Gasteiger partial charge in [-0.25, -0.2) is 9.48 Å². The van der Waals surface area contributed by atoms with Gasteiger partial charge in [-0.3, -0.25) is 0 Å². The molecule has 0 spiro atoms. The fourth-order valence-corrected chi connectivity index (χ4v) is 3.04. The number of esters is 1. The minimum absolute atomic E-state index is 0.223. The highest BCUT2D eigenvalue weighted by molar-refractivity contribution is 6.36. The van der Waals surface area contributed by atoms with Crippen LogP contribution in [0.4, 0.5) is 0 Å². The Hall–Kier alpha value is -2.71. The summed E-state index contributed by atoms with van der Waals surface area (Å²) in [5.41, 5.74) is 1.93. The van der Waals surface area contributed by atoms with Crippen LogP contribution in [-0.4, -0.2) is 34.1 Å². The first-order valence-corrected chi connectivity index (χ1v) is 8.93. The quantitative estimate of drug-likeness (QED) is 0.539. The molecule has 2 aromatic heterocycles. The summed E-state index contributed by atoms with van der Waals surface area (Å²) < 4.78 is 22.7. The Labute approximate surface area is 170 Å². The molecule has 0 bridgehead atoms. The third-order valence-corrected chi connectivity index (χ3v) is 4.48. The monoisotopic (exact) mass is 425 g/mol. The average Bonchev–Trinajstić information content (AvgIpc) is 3.26. The minimum Gasteiger partial charge on any atom is -0.477 e. The standard InChI is InChI=1S/C18H17Cl2N3O5/c1-9-16(13-5-6-26-22-13)17(23(3)21-9)28-15-8-14(11(19)7-12(15)20)27-10(2)18(24)25-4/h5-8,10H,1-4H3/t10-/m0/s1. The third-order valence-electron chi connectivity index (χ3n) is 3.89. The number of nitrogens with zero attached hydrogens (tertiary/aromatic N) is 3. The van der Waals surface area contributed by atoms with Gasteiger partial charge in [0.15, 0.2) is 11.9 Å². The van der Waals surface area contributed by atoms with Gasteiger partial charge in [0.25, 0.3) is 0 Å². The maximum atomic E-state index is 11.6. The van der Waals surface area contributed by atoms with E-state index in [2.05, 4.69) is 15.0 Å². The number of ether oxygens (including phenoxy) is 3. The van der Waals surface area contributed by atoms with Crippen LogP contribution in [0.3, 0.4) is 0 Å². The molecule has 8 nitrogen and oxygen atoms in total. The largest absolute Gasteiger partial charge is 0.477 e. The molecule has 0 saturated carbocycles. The van der Waals surface area contributed by atoms with Crippen molar-refractivity contribution in [2.24, 2.45) is 7.05 Å². The first-order chi connectivity index (χ1) is 13.3. The predicted octanol–water partition coefficient (Wildman–Crippen LogP) is 4.42. The zero-order valence-electron chi connectivity index (χ0n) is 15.5. The van der Waals surface area contributed by atoms with Crippen LogP contribution in [0.25, 0.3) is 11.3 Å². The van der Waals surface area contributed by atoms with Crippen molar-refractivity contribution in [1.29, 1.82) is 0 Å². The Bertz CT molecular complexity index is 1000. The van der Waals surface area contributed by atoms with Gasteiger partial charge in [-0.2, -0.15) is 5.10 Å². The lowest BCUT2D eigenvalue weighted by molar-refractivity contribution is -0.147. The summed E-state index contributed by atoms with van der Waals surface area (Å²) in [6.07, 6.45) is 0.599. The Kier molecular flexibility index (Phi) is 5.81. The van der Waals surface area contributed by atoms with E-state index >= 15 is 0 Å². The Morgan fingerprint density at radius 1 is 1.25 bits per heavy atom. The molecule has 1 atom stereocenters. The molecule has 0 radical (unpaired) electrons. The van der Waals surface area contributed by atoms with Gasteiger partial charge in [-0.15, -0.1) is 0 Å². The van der Waals surface area contributed by atoms with E-state index in [9.17, 15) is 4.79 Å². The fraction of sp³-hybridized carbons (Fsp3) is 0.278. The number of halogens is 2. The molecule has 0 unspecified atom stereocenters. The van der Waals surface area contributed by atoms with Crippen LogP contribution in [0.15, 0.2) is 29.0 Å². The van der Waals surface area contributed by atoms with Crippen LogP contribution >= 0.6 is 23.2 Å². The van der Waals surface area contributed by atoms with Crippen molar-refractivity contribution in [3.8, 4) is 28.6 Å². The number of carbonyl (C=O) groups excluding carboxylic acids is 1. The van der Waals surface area contributed by atoms with Gasteiger partial charge < -0.3 is 18.7 Å². The summed E-state index contributed by atoms with van der Waals surface area (Å²) in [6, 6.07) is 4.67. The normalized spacial score (nSPS) is 11.9. The van der Waals surface area contributed by atoms with E-state index in [1.54, 1.807) is 24.7 Å². The van der Waals surface area contributed by atoms with E-state index in [-0.39, 0.29) is 21.5 Å². The van der Waals surface area contributed by atoms with Gasteiger partial charge in [0.2, 0.25) is 5.88 Å². The second kappa shape index (κ2) is 8.12. The highest BCUT2D eigenvalue weighted by Crippen LogP contribution is 2.41. The van der Waals surface area contributed by atoms with E-state index in [0.29, 0.717) is 22.8 Å². The summed E-state index contributed by atoms with van der Waals surface area (Å²) in [6.45, 7) is 3.37. The molecule has 0 aliphatic rings. The molecular weight excluding hydrogens is 409 g/mol. The highest BCUT2D eigenvalue weighted by Gasteiger charge is 2.22. The van der Waals surface area contributed by atoms with E-state index in [1.165, 1.54) is 25.5 Å². The molecule has 148 valence electrons. The summed E-state index contributed by atoms with van der Waals surface area (Å²) in [4.78, 5) is 11.6. The topological polar surface area (TPSA) is 88.6 Å². The maximum absolute atomic E-state index is 11.6. The van der Waals surface area contributed by atoms with Crippen LogP contribution in [0.1, 0.15) is 12.6 Å². The van der Waals surface area contributed by atoms with Crippen molar-refractivity contribution in [1.82, 2.24) is 14.9 Å². The average molecular weight is 426 g/mol. The molecule has 0 fully saturated rings. The SMILES string of the molecule is COC(=O)[C@H](C)Oc1cc(Oc2c(-c3ccon3)c(C)nn2C)c(Cl)cc1Cl. The highest BCUT2D eigenvalue weighted by atomic mass is 35.5. The van der Waals surface area contributed by atoms with Gasteiger partial charge in [-0.05, 0) is 19.9 Å². The summed E-state index contributed by atoms with van der Waals surface area (Å²) in [5.74, 6) is 0.360. The summed E-state index contributed by atoms with van der Waals surface area (Å²) in [5, 5.41) is 8.80. The molecule has 3 rings (SSSR count). The molecule has 10 heteroatoms. The Morgan fingerprint density at radius 2 is 1.96 bits per heavy atom. The van der Waals surface area contributed by atoms with Gasteiger partial charge in [0.05, 0.1) is 28.4 Å². The number of benzene rings is 1. The fourth-order valence-electron chi connectivity index (χ4n) is 2.58. The number of hydrogen-bond acceptors (Lipinski definition) is 7. The molecule has 0 N–H and O–H groups in total. The van der Waals surface area contributed by atoms with Gasteiger partial charge in [0.1, 0.15) is 17.7 Å². The van der Waals surface area contributed by atoms with Crippen molar-refractivity contribution >= 4 is 29.2 Å². The summed E-state index contributed by atoms with van der Waals surface area (Å²) >= 11 is 12.5. The lowest BCUT2D eigenvalue weighted by Gasteiger charge is -2.16. The smallest absolute Gasteiger partial charge is 0.346 e. The van der Waals surface area contributed by atoms with Crippen molar-refractivity contribution < 1.29 is 23.5 Å². The molecule has 28 heavy (non-hydrogen) atoms. The molecule has 1 aromatic carbocycles. The zero-order chi connectivity index (χ0) is 20.4. The van der Waals surface area contributed by atoms with Gasteiger partial charge in [0, 0.05) is 19.2 Å². The van der Waals surface area contributed by atoms with Crippen molar-refractivity contribution in [3.05, 3.63) is 40.2 Å².